The first-order valence-corrected chi connectivity index (χ1v) is 15.4. The molecule has 0 saturated heterocycles. The Morgan fingerprint density at radius 2 is 0.591 bits per heavy atom. The van der Waals surface area contributed by atoms with Gasteiger partial charge in [-0.25, -0.2) is 0 Å². The Hall–Kier alpha value is -5.60. The summed E-state index contributed by atoms with van der Waals surface area (Å²) >= 11 is 0. The molecule has 0 N–H and O–H groups in total. The average molecular weight is 563 g/mol. The van der Waals surface area contributed by atoms with E-state index in [1.54, 1.807) is 0 Å². The van der Waals surface area contributed by atoms with Gasteiger partial charge in [0.25, 0.3) is 0 Å². The molecule has 0 spiro atoms. The lowest BCUT2D eigenvalue weighted by atomic mass is 9.60. The molecular weight excluding hydrogens is 532 g/mol. The van der Waals surface area contributed by atoms with Crippen molar-refractivity contribution in [1.29, 1.82) is 0 Å². The van der Waals surface area contributed by atoms with Gasteiger partial charge in [0.1, 0.15) is 0 Å². The van der Waals surface area contributed by atoms with E-state index in [9.17, 15) is 0 Å². The highest BCUT2D eigenvalue weighted by Crippen LogP contribution is 2.58. The van der Waals surface area contributed by atoms with E-state index >= 15 is 0 Å². The van der Waals surface area contributed by atoms with Crippen LogP contribution in [0, 0.1) is 0 Å². The molecule has 1 fully saturated rings. The molecule has 2 aromatic heterocycles. The first-order valence-electron chi connectivity index (χ1n) is 15.4. The fraction of sp³-hybridized carbons (Fsp3) is 0.0476. The number of nitrogens with zero attached hydrogens (tertiary/aromatic N) is 2. The summed E-state index contributed by atoms with van der Waals surface area (Å²) in [7, 11) is 0. The number of rotatable bonds is 4. The number of allylic oxidation sites excluding steroid dienone is 2. The van der Waals surface area contributed by atoms with Gasteiger partial charge < -0.3 is 9.13 Å². The number of para-hydroxylation sites is 4. The van der Waals surface area contributed by atoms with Crippen LogP contribution in [0.15, 0.2) is 169 Å². The average Bonchev–Trinajstić information content (AvgIpc) is 3.58. The normalized spacial score (nSPS) is 18.5. The zero-order chi connectivity index (χ0) is 29.0. The van der Waals surface area contributed by atoms with E-state index in [4.69, 9.17) is 0 Å². The summed E-state index contributed by atoms with van der Waals surface area (Å²) in [6, 6.07) is 57.2. The van der Waals surface area contributed by atoms with Gasteiger partial charge in [-0.2, -0.15) is 0 Å². The van der Waals surface area contributed by atoms with Crippen molar-refractivity contribution in [2.45, 2.75) is 11.8 Å². The minimum Gasteiger partial charge on any atom is -0.316 e. The summed E-state index contributed by atoms with van der Waals surface area (Å²) in [5.74, 6) is 0.440. The lowest BCUT2D eigenvalue weighted by Gasteiger charge is -2.44. The van der Waals surface area contributed by atoms with Crippen molar-refractivity contribution in [3.63, 3.8) is 0 Å². The van der Waals surface area contributed by atoms with E-state index in [1.165, 1.54) is 65.9 Å². The highest BCUT2D eigenvalue weighted by molar-refractivity contribution is 6.10. The monoisotopic (exact) mass is 562 g/mol. The highest BCUT2D eigenvalue weighted by Gasteiger charge is 2.43. The van der Waals surface area contributed by atoms with Crippen molar-refractivity contribution in [3.8, 4) is 0 Å². The quantitative estimate of drug-likeness (QED) is 0.202. The minimum atomic E-state index is 0.220. The topological polar surface area (TPSA) is 9.86 Å². The van der Waals surface area contributed by atoms with Crippen LogP contribution in [0.1, 0.15) is 23.0 Å². The summed E-state index contributed by atoms with van der Waals surface area (Å²) in [5, 5.41) is 5.12. The van der Waals surface area contributed by atoms with E-state index < -0.39 is 0 Å². The first kappa shape index (κ1) is 24.9. The number of fused-ring (bicyclic) bond motifs is 6. The second-order valence-corrected chi connectivity index (χ2v) is 11.8. The molecule has 208 valence electrons. The third-order valence-electron chi connectivity index (χ3n) is 9.43. The fourth-order valence-electron chi connectivity index (χ4n) is 7.46. The van der Waals surface area contributed by atoms with Gasteiger partial charge in [0.15, 0.2) is 0 Å². The SMILES string of the molecule is C(=C1C(=Cn2c3ccccc3c3ccccc32)C(c2ccccc2)C1c1ccccc1)n1c2ccccc2c2ccccc21. The number of hydrogen-bond acceptors (Lipinski definition) is 0. The smallest absolute Gasteiger partial charge is 0.0535 e. The fourth-order valence-corrected chi connectivity index (χ4v) is 7.46. The molecule has 2 heteroatoms. The van der Waals surface area contributed by atoms with E-state index in [-0.39, 0.29) is 11.8 Å². The zero-order valence-electron chi connectivity index (χ0n) is 24.2. The molecule has 2 heterocycles. The van der Waals surface area contributed by atoms with Gasteiger partial charge in [-0.05, 0) is 46.5 Å². The zero-order valence-corrected chi connectivity index (χ0v) is 24.2. The van der Waals surface area contributed by atoms with Crippen LogP contribution in [0.5, 0.6) is 0 Å². The Morgan fingerprint density at radius 3 is 0.909 bits per heavy atom. The Bertz CT molecular complexity index is 2110. The predicted molar refractivity (Wildman–Crippen MR) is 186 cm³/mol. The van der Waals surface area contributed by atoms with Gasteiger partial charge in [0.2, 0.25) is 0 Å². The van der Waals surface area contributed by atoms with Gasteiger partial charge in [0, 0.05) is 45.8 Å². The molecule has 1 saturated carbocycles. The van der Waals surface area contributed by atoms with E-state index in [2.05, 4.69) is 179 Å². The van der Waals surface area contributed by atoms with E-state index in [0.29, 0.717) is 0 Å². The van der Waals surface area contributed by atoms with Gasteiger partial charge in [0.05, 0.1) is 22.1 Å². The van der Waals surface area contributed by atoms with Crippen LogP contribution in [0.4, 0.5) is 0 Å². The molecule has 9 rings (SSSR count). The third-order valence-corrected chi connectivity index (χ3v) is 9.43. The molecule has 8 aromatic rings. The molecule has 2 nitrogen and oxygen atoms in total. The summed E-state index contributed by atoms with van der Waals surface area (Å²) in [5.41, 5.74) is 10.3. The maximum Gasteiger partial charge on any atom is 0.0535 e. The van der Waals surface area contributed by atoms with Gasteiger partial charge >= 0.3 is 0 Å². The molecule has 0 aliphatic heterocycles. The predicted octanol–water partition coefficient (Wildman–Crippen LogP) is 10.9. The maximum absolute atomic E-state index is 2.42. The van der Waals surface area contributed by atoms with Crippen LogP contribution in [0.25, 0.3) is 56.0 Å². The second kappa shape index (κ2) is 10.00. The van der Waals surface area contributed by atoms with Crippen molar-refractivity contribution >= 4 is 56.0 Å². The summed E-state index contributed by atoms with van der Waals surface area (Å²) < 4.78 is 4.83. The summed E-state index contributed by atoms with van der Waals surface area (Å²) in [6.45, 7) is 0. The van der Waals surface area contributed by atoms with Gasteiger partial charge in [-0.3, -0.25) is 0 Å². The lowest BCUT2D eigenvalue weighted by molar-refractivity contribution is 0.591. The maximum atomic E-state index is 2.42. The summed E-state index contributed by atoms with van der Waals surface area (Å²) in [4.78, 5) is 0. The third kappa shape index (κ3) is 3.74. The number of benzene rings is 6. The summed E-state index contributed by atoms with van der Waals surface area (Å²) in [6.07, 6.45) is 4.84. The van der Waals surface area contributed by atoms with Crippen LogP contribution in [0.2, 0.25) is 0 Å². The molecule has 0 amide bonds. The van der Waals surface area contributed by atoms with Crippen molar-refractivity contribution < 1.29 is 0 Å². The van der Waals surface area contributed by atoms with Crippen LogP contribution >= 0.6 is 0 Å². The lowest BCUT2D eigenvalue weighted by Crippen LogP contribution is -2.29. The van der Waals surface area contributed by atoms with E-state index in [0.717, 1.165) is 0 Å². The van der Waals surface area contributed by atoms with Crippen LogP contribution < -0.4 is 0 Å². The molecule has 0 radical (unpaired) electrons. The molecule has 0 bridgehead atoms. The number of hydrogen-bond donors (Lipinski definition) is 0. The van der Waals surface area contributed by atoms with Gasteiger partial charge in [-0.1, -0.05) is 133 Å². The Kier molecular flexibility index (Phi) is 5.67. The minimum absolute atomic E-state index is 0.220. The molecule has 6 aromatic carbocycles. The van der Waals surface area contributed by atoms with Crippen molar-refractivity contribution in [1.82, 2.24) is 9.13 Å². The first-order chi connectivity index (χ1) is 21.9. The largest absolute Gasteiger partial charge is 0.316 e. The van der Waals surface area contributed by atoms with Crippen LogP contribution in [-0.4, -0.2) is 9.13 Å². The van der Waals surface area contributed by atoms with Crippen molar-refractivity contribution in [3.05, 3.63) is 180 Å². The Morgan fingerprint density at radius 1 is 0.318 bits per heavy atom. The highest BCUT2D eigenvalue weighted by atomic mass is 15.0. The number of aromatic nitrogens is 2. The van der Waals surface area contributed by atoms with E-state index in [1.807, 2.05) is 0 Å². The molecule has 2 unspecified atom stereocenters. The second-order valence-electron chi connectivity index (χ2n) is 11.8. The Balaban J connectivity index is 1.36. The van der Waals surface area contributed by atoms with Crippen LogP contribution in [0.3, 0.4) is 0 Å². The standard InChI is InChI=1S/C42H30N2/c1-3-15-29(16-4-1)41-35(27-43-37-23-11-7-19-31(37)32-20-8-12-24-38(32)43)36(42(41)30-17-5-2-6-18-30)28-44-39-25-13-9-21-33(39)34-22-10-14-26-40(34)44/h1-28,41-42H. The van der Waals surface area contributed by atoms with Crippen molar-refractivity contribution in [2.24, 2.45) is 0 Å². The Labute approximate surface area is 256 Å². The van der Waals surface area contributed by atoms with Gasteiger partial charge in [-0.15, -0.1) is 0 Å². The molecule has 1 aliphatic rings. The molecular formula is C42H30N2. The molecule has 44 heavy (non-hydrogen) atoms. The van der Waals surface area contributed by atoms with Crippen LogP contribution in [-0.2, 0) is 0 Å². The molecule has 1 aliphatic carbocycles. The van der Waals surface area contributed by atoms with Crippen molar-refractivity contribution in [2.75, 3.05) is 0 Å². The molecule has 2 atom stereocenters.